The molecule has 0 aliphatic heterocycles. The highest BCUT2D eigenvalue weighted by atomic mass is 16.4. The number of carboxylic acid groups (broad SMARTS) is 1. The highest BCUT2D eigenvalue weighted by Crippen LogP contribution is 1.93. The number of hydrogen-bond acceptors (Lipinski definition) is 3. The lowest BCUT2D eigenvalue weighted by Crippen LogP contribution is -2.30. The van der Waals surface area contributed by atoms with Crippen molar-refractivity contribution in [2.75, 3.05) is 0 Å². The zero-order chi connectivity index (χ0) is 8.15. The molecule has 5 heteroatoms. The molecule has 0 aliphatic carbocycles. The summed E-state index contributed by atoms with van der Waals surface area (Å²) in [6, 6.07) is -1.10. The van der Waals surface area contributed by atoms with Crippen LogP contribution in [0.5, 0.6) is 0 Å². The lowest BCUT2D eigenvalue weighted by molar-refractivity contribution is -0.143. The van der Waals surface area contributed by atoms with E-state index in [0.717, 1.165) is 0 Å². The van der Waals surface area contributed by atoms with Crippen LogP contribution in [0.4, 0.5) is 0 Å². The molecule has 1 atom stereocenters. The fourth-order valence-electron chi connectivity index (χ4n) is 0.397. The summed E-state index contributed by atoms with van der Waals surface area (Å²) in [6.45, 7) is 0. The van der Waals surface area contributed by atoms with Crippen LogP contribution in [0.1, 0.15) is 12.8 Å². The van der Waals surface area contributed by atoms with Gasteiger partial charge in [0.1, 0.15) is 6.04 Å². The highest BCUT2D eigenvalue weighted by Gasteiger charge is 2.12. The molecule has 57 valence electrons. The third kappa shape index (κ3) is 3.85. The van der Waals surface area contributed by atoms with Gasteiger partial charge in [0.15, 0.2) is 0 Å². The van der Waals surface area contributed by atoms with Crippen LogP contribution in [-0.2, 0) is 14.7 Å². The van der Waals surface area contributed by atoms with Crippen molar-refractivity contribution in [3.63, 3.8) is 0 Å². The predicted octanol–water partition coefficient (Wildman–Crippen LogP) is -0.864. The summed E-state index contributed by atoms with van der Waals surface area (Å²) in [5.41, 5.74) is 4.97. The molecule has 0 saturated carbocycles. The maximum absolute atomic E-state index is 9.97. The third-order valence-corrected chi connectivity index (χ3v) is 0.977. The van der Waals surface area contributed by atoms with Crippen LogP contribution in [-0.4, -0.2) is 23.1 Å². The normalized spacial score (nSPS) is 12.5. The van der Waals surface area contributed by atoms with Gasteiger partial charge in [-0.15, -0.1) is 0 Å². The van der Waals surface area contributed by atoms with Gasteiger partial charge in [-0.3, -0.25) is 4.79 Å². The van der Waals surface area contributed by atoms with E-state index in [1.165, 1.54) is 0 Å². The Balaban J connectivity index is 3.49. The number of rotatable bonds is 4. The molecule has 0 aliphatic rings. The van der Waals surface area contributed by atoms with Crippen molar-refractivity contribution < 1.29 is 19.8 Å². The van der Waals surface area contributed by atoms with Gasteiger partial charge in [-0.2, -0.15) is 0 Å². The number of carbonyl (C=O) groups is 2. The SMILES string of the molecule is N[C@H](CCC([O])=O)C(=O)O. The molecule has 0 fully saturated rings. The van der Waals surface area contributed by atoms with E-state index >= 15 is 0 Å². The number of nitrogens with two attached hydrogens (primary N) is 1. The van der Waals surface area contributed by atoms with Gasteiger partial charge in [-0.05, 0) is 6.42 Å². The average Bonchev–Trinajstić information content (AvgIpc) is 1.82. The van der Waals surface area contributed by atoms with Gasteiger partial charge >= 0.3 is 11.9 Å². The van der Waals surface area contributed by atoms with Crippen LogP contribution in [0.15, 0.2) is 0 Å². The predicted molar refractivity (Wildman–Crippen MR) is 30.5 cm³/mol. The number of aliphatic carboxylic acids is 1. The zero-order valence-corrected chi connectivity index (χ0v) is 5.24. The van der Waals surface area contributed by atoms with Crippen LogP contribution < -0.4 is 5.73 Å². The maximum atomic E-state index is 9.97. The molecule has 0 aromatic rings. The van der Waals surface area contributed by atoms with E-state index < -0.39 is 18.0 Å². The minimum Gasteiger partial charge on any atom is -0.480 e. The fraction of sp³-hybridized carbons (Fsp3) is 0.600. The molecule has 0 rings (SSSR count). The van der Waals surface area contributed by atoms with Gasteiger partial charge in [-0.1, -0.05) is 0 Å². The lowest BCUT2D eigenvalue weighted by Gasteiger charge is -2.00. The maximum Gasteiger partial charge on any atom is 0.355 e. The molecule has 5 nitrogen and oxygen atoms in total. The molecule has 0 spiro atoms. The molecule has 0 heterocycles. The summed E-state index contributed by atoms with van der Waals surface area (Å²) in [6.07, 6.45) is -0.398. The topological polar surface area (TPSA) is 100 Å². The first kappa shape index (κ1) is 8.90. The molecule has 1 radical (unpaired) electrons. The van der Waals surface area contributed by atoms with Crippen molar-refractivity contribution in [1.29, 1.82) is 0 Å². The number of hydrogen-bond donors (Lipinski definition) is 2. The largest absolute Gasteiger partial charge is 0.480 e. The van der Waals surface area contributed by atoms with Gasteiger partial charge in [0.05, 0.1) is 6.42 Å². The highest BCUT2D eigenvalue weighted by molar-refractivity contribution is 5.74. The molecular weight excluding hydrogens is 138 g/mol. The van der Waals surface area contributed by atoms with Crippen molar-refractivity contribution >= 4 is 11.9 Å². The molecule has 10 heavy (non-hydrogen) atoms. The lowest BCUT2D eigenvalue weighted by atomic mass is 10.2. The van der Waals surface area contributed by atoms with Crippen molar-refractivity contribution in [3.8, 4) is 0 Å². The second kappa shape index (κ2) is 3.84. The van der Waals surface area contributed by atoms with Gasteiger partial charge in [0, 0.05) is 0 Å². The summed E-state index contributed by atoms with van der Waals surface area (Å²) >= 11 is 0. The van der Waals surface area contributed by atoms with Gasteiger partial charge < -0.3 is 10.8 Å². The number of carbonyl (C=O) groups excluding carboxylic acids is 1. The van der Waals surface area contributed by atoms with Crippen LogP contribution in [0.25, 0.3) is 0 Å². The smallest absolute Gasteiger partial charge is 0.355 e. The minimum atomic E-state index is -1.28. The summed E-state index contributed by atoms with van der Waals surface area (Å²) in [7, 11) is 0. The quantitative estimate of drug-likeness (QED) is 0.538. The van der Waals surface area contributed by atoms with E-state index in [0.29, 0.717) is 0 Å². The Morgan fingerprint density at radius 3 is 2.30 bits per heavy atom. The van der Waals surface area contributed by atoms with Crippen molar-refractivity contribution in [2.24, 2.45) is 5.73 Å². The molecule has 0 unspecified atom stereocenters. The first-order valence-corrected chi connectivity index (χ1v) is 2.72. The van der Waals surface area contributed by atoms with E-state index in [9.17, 15) is 14.7 Å². The monoisotopic (exact) mass is 146 g/mol. The van der Waals surface area contributed by atoms with Gasteiger partial charge in [-0.25, -0.2) is 9.90 Å². The van der Waals surface area contributed by atoms with Gasteiger partial charge in [0.25, 0.3) is 0 Å². The van der Waals surface area contributed by atoms with Crippen LogP contribution in [0, 0.1) is 0 Å². The van der Waals surface area contributed by atoms with Crippen LogP contribution in [0.2, 0.25) is 0 Å². The average molecular weight is 146 g/mol. The molecule has 3 N–H and O–H groups in total. The van der Waals surface area contributed by atoms with Crippen molar-refractivity contribution in [2.45, 2.75) is 18.9 Å². The molecular formula is C5H8NO4. The Labute approximate surface area is 57.5 Å². The Bertz CT molecular complexity index is 145. The minimum absolute atomic E-state index is 0.0856. The molecule has 0 bridgehead atoms. The number of carboxylic acids is 1. The summed E-state index contributed by atoms with van der Waals surface area (Å²) in [5.74, 6) is -2.47. The first-order chi connectivity index (χ1) is 4.54. The van der Waals surface area contributed by atoms with Crippen LogP contribution >= 0.6 is 0 Å². The van der Waals surface area contributed by atoms with Crippen molar-refractivity contribution in [3.05, 3.63) is 0 Å². The Morgan fingerprint density at radius 2 is 2.00 bits per heavy atom. The third-order valence-electron chi connectivity index (χ3n) is 0.977. The Morgan fingerprint density at radius 1 is 1.50 bits per heavy atom. The molecule has 0 saturated heterocycles. The summed E-state index contributed by atoms with van der Waals surface area (Å²) in [5, 5.41) is 17.9. The fourth-order valence-corrected chi connectivity index (χ4v) is 0.397. The zero-order valence-electron chi connectivity index (χ0n) is 5.24. The van der Waals surface area contributed by atoms with E-state index in [-0.39, 0.29) is 12.8 Å². The first-order valence-electron chi connectivity index (χ1n) is 2.72. The standard InChI is InChI=1S/C5H8NO4/c6-3(5(9)10)1-2-4(7)8/h3H,1-2,6H2,(H,9,10)/t3-/m1/s1. The van der Waals surface area contributed by atoms with Crippen molar-refractivity contribution in [1.82, 2.24) is 0 Å². The van der Waals surface area contributed by atoms with E-state index in [2.05, 4.69) is 0 Å². The summed E-state index contributed by atoms with van der Waals surface area (Å²) < 4.78 is 0. The van der Waals surface area contributed by atoms with E-state index in [4.69, 9.17) is 10.8 Å². The Kier molecular flexibility index (Phi) is 3.42. The Hall–Kier alpha value is -1.10. The molecule has 0 aromatic heterocycles. The molecule has 0 aromatic carbocycles. The van der Waals surface area contributed by atoms with Crippen LogP contribution in [0.3, 0.4) is 0 Å². The molecule has 0 amide bonds. The van der Waals surface area contributed by atoms with Gasteiger partial charge in [0.2, 0.25) is 0 Å². The van der Waals surface area contributed by atoms with E-state index in [1.54, 1.807) is 0 Å². The second-order valence-electron chi connectivity index (χ2n) is 1.86. The second-order valence-corrected chi connectivity index (χ2v) is 1.86. The van der Waals surface area contributed by atoms with E-state index in [1.807, 2.05) is 0 Å². The summed E-state index contributed by atoms with van der Waals surface area (Å²) in [4.78, 5) is 19.7.